The van der Waals surface area contributed by atoms with Crippen molar-refractivity contribution in [3.05, 3.63) is 121 Å². The third-order valence-corrected chi connectivity index (χ3v) is 5.19. The molecule has 0 spiro atoms. The van der Waals surface area contributed by atoms with Gasteiger partial charge in [0.05, 0.1) is 0 Å². The molecule has 0 atom stereocenters. The average molecular weight is 534 g/mol. The first-order valence-electron chi connectivity index (χ1n) is 10.9. The molecule has 3 heterocycles. The number of benzene rings is 1. The molecule has 15 nitrogen and oxygen atoms in total. The van der Waals surface area contributed by atoms with Crippen LogP contribution in [0.4, 0.5) is 17.1 Å². The van der Waals surface area contributed by atoms with Gasteiger partial charge in [-0.05, 0) is 36.4 Å². The van der Waals surface area contributed by atoms with Gasteiger partial charge in [0.15, 0.2) is 0 Å². The van der Waals surface area contributed by atoms with Crippen LogP contribution in [0, 0.1) is 0 Å². The van der Waals surface area contributed by atoms with Crippen molar-refractivity contribution in [3.8, 4) is 0 Å². The monoisotopic (exact) mass is 534 g/mol. The number of carbonyl (C=O) groups excluding carboxylic acids is 3. The maximum absolute atomic E-state index is 12.7. The number of hydrogen-bond acceptors (Lipinski definition) is 9. The summed E-state index contributed by atoms with van der Waals surface area (Å²) in [7, 11) is 0. The van der Waals surface area contributed by atoms with Crippen LogP contribution in [0.25, 0.3) is 0 Å². The third-order valence-electron chi connectivity index (χ3n) is 5.19. The van der Waals surface area contributed by atoms with Crippen LogP contribution in [0.5, 0.6) is 0 Å². The van der Waals surface area contributed by atoms with Gasteiger partial charge in [-0.2, -0.15) is 0 Å². The second-order valence-electron chi connectivity index (χ2n) is 7.84. The molecule has 0 bridgehead atoms. The minimum atomic E-state index is -0.935. The zero-order valence-electron chi connectivity index (χ0n) is 19.6. The van der Waals surface area contributed by atoms with Gasteiger partial charge in [0, 0.05) is 35.3 Å². The van der Waals surface area contributed by atoms with E-state index in [9.17, 15) is 44.4 Å². The van der Waals surface area contributed by atoms with E-state index in [-0.39, 0.29) is 31.3 Å². The largest absolute Gasteiger partial charge is 0.425 e. The van der Waals surface area contributed by atoms with Crippen molar-refractivity contribution in [3.63, 3.8) is 0 Å². The molecule has 4 rings (SSSR count). The van der Waals surface area contributed by atoms with Gasteiger partial charge in [0.25, 0.3) is 34.4 Å². The molecule has 0 fully saturated rings. The van der Waals surface area contributed by atoms with Crippen molar-refractivity contribution in [2.45, 2.75) is 0 Å². The highest BCUT2D eigenvalue weighted by Crippen LogP contribution is 2.24. The van der Waals surface area contributed by atoms with E-state index in [0.29, 0.717) is 0 Å². The van der Waals surface area contributed by atoms with Crippen LogP contribution in [0.1, 0.15) is 31.5 Å². The molecule has 3 amide bonds. The maximum Gasteiger partial charge on any atom is 0.283 e. The Balaban J connectivity index is 1.70. The number of nitrogens with one attached hydrogen (secondary N) is 3. The first-order valence-corrected chi connectivity index (χ1v) is 10.9. The number of anilines is 3. The van der Waals surface area contributed by atoms with Crippen LogP contribution in [-0.2, 0) is 0 Å². The van der Waals surface area contributed by atoms with Crippen LogP contribution < -0.4 is 32.6 Å². The lowest BCUT2D eigenvalue weighted by Gasteiger charge is -2.14. The van der Waals surface area contributed by atoms with Crippen molar-refractivity contribution in [2.24, 2.45) is 0 Å². The second kappa shape index (κ2) is 10.5. The lowest BCUT2D eigenvalue weighted by molar-refractivity contribution is 0.0952. The molecule has 15 heteroatoms. The first-order chi connectivity index (χ1) is 18.5. The molecular formula is C24H18N6O9. The Hall–Kier alpha value is -6.12. The Morgan fingerprint density at radius 3 is 1.00 bits per heavy atom. The molecule has 0 aliphatic rings. The minimum absolute atomic E-state index is 0.0479. The van der Waals surface area contributed by atoms with Crippen molar-refractivity contribution in [1.82, 2.24) is 14.2 Å². The topological polar surface area (TPSA) is 214 Å². The summed E-state index contributed by atoms with van der Waals surface area (Å²) in [5.41, 5.74) is -4.03. The van der Waals surface area contributed by atoms with Gasteiger partial charge in [0.2, 0.25) is 0 Å². The quantitative estimate of drug-likeness (QED) is 0.191. The fraction of sp³-hybridized carbons (Fsp3) is 0. The van der Waals surface area contributed by atoms with Gasteiger partial charge in [-0.25, -0.2) is 0 Å². The number of rotatable bonds is 6. The number of hydrogen-bond donors (Lipinski definition) is 6. The zero-order chi connectivity index (χ0) is 28.3. The van der Waals surface area contributed by atoms with Crippen molar-refractivity contribution >= 4 is 34.8 Å². The number of aromatic nitrogens is 3. The molecule has 6 N–H and O–H groups in total. The van der Waals surface area contributed by atoms with Crippen LogP contribution in [0.3, 0.4) is 0 Å². The van der Waals surface area contributed by atoms with E-state index in [4.69, 9.17) is 0 Å². The predicted molar refractivity (Wildman–Crippen MR) is 134 cm³/mol. The van der Waals surface area contributed by atoms with E-state index in [0.717, 1.165) is 36.4 Å². The number of carbonyl (C=O) groups is 3. The van der Waals surface area contributed by atoms with E-state index in [1.165, 1.54) is 36.4 Å². The minimum Gasteiger partial charge on any atom is -0.425 e. The van der Waals surface area contributed by atoms with Gasteiger partial charge in [-0.1, -0.05) is 18.2 Å². The summed E-state index contributed by atoms with van der Waals surface area (Å²) >= 11 is 0. The standard InChI is InChI=1S/C24H18N6O9/c31-19-7-1-4-16(28(19)37)22(34)25-13-10-14(26-23(35)17-5-2-8-20(32)29(17)38)12-15(11-13)27-24(36)18-6-3-9-21(33)30(18)39/h1-12,37-39H,(H,25,34)(H,26,35)(H,27,36). The molecule has 0 saturated heterocycles. The van der Waals surface area contributed by atoms with E-state index in [2.05, 4.69) is 16.0 Å². The van der Waals surface area contributed by atoms with Crippen LogP contribution in [0.2, 0.25) is 0 Å². The Labute approximate surface area is 216 Å². The molecule has 0 radical (unpaired) electrons. The first kappa shape index (κ1) is 26.0. The van der Waals surface area contributed by atoms with Crippen molar-refractivity contribution < 1.29 is 30.0 Å². The summed E-state index contributed by atoms with van der Waals surface area (Å²) in [6.45, 7) is 0. The molecule has 4 aromatic rings. The molecule has 0 aliphatic heterocycles. The normalized spacial score (nSPS) is 10.5. The van der Waals surface area contributed by atoms with Crippen LogP contribution >= 0.6 is 0 Å². The molecule has 39 heavy (non-hydrogen) atoms. The fourth-order valence-electron chi connectivity index (χ4n) is 3.39. The summed E-state index contributed by atoms with van der Waals surface area (Å²) in [6.07, 6.45) is 0. The van der Waals surface area contributed by atoms with E-state index >= 15 is 0 Å². The van der Waals surface area contributed by atoms with Crippen molar-refractivity contribution in [1.29, 1.82) is 0 Å². The van der Waals surface area contributed by atoms with Gasteiger partial charge in [-0.3, -0.25) is 28.8 Å². The summed E-state index contributed by atoms with van der Waals surface area (Å²) < 4.78 is 0.362. The van der Waals surface area contributed by atoms with Crippen LogP contribution in [0.15, 0.2) is 87.2 Å². The third kappa shape index (κ3) is 5.51. The van der Waals surface area contributed by atoms with Crippen LogP contribution in [-0.4, -0.2) is 47.5 Å². The highest BCUT2D eigenvalue weighted by molar-refractivity contribution is 6.07. The Morgan fingerprint density at radius 1 is 0.487 bits per heavy atom. The Morgan fingerprint density at radius 2 is 0.744 bits per heavy atom. The fourth-order valence-corrected chi connectivity index (χ4v) is 3.39. The molecule has 0 aliphatic carbocycles. The lowest BCUT2D eigenvalue weighted by Crippen LogP contribution is -2.27. The van der Waals surface area contributed by atoms with E-state index < -0.39 is 51.5 Å². The Kier molecular flexibility index (Phi) is 6.97. The zero-order valence-corrected chi connectivity index (χ0v) is 19.6. The molecule has 198 valence electrons. The Bertz CT molecular complexity index is 1580. The molecule has 0 unspecified atom stereocenters. The maximum atomic E-state index is 12.7. The highest BCUT2D eigenvalue weighted by Gasteiger charge is 2.17. The number of pyridine rings is 3. The summed E-state index contributed by atoms with van der Waals surface area (Å²) in [4.78, 5) is 73.1. The average Bonchev–Trinajstić information content (AvgIpc) is 2.88. The molecule has 1 aromatic carbocycles. The number of nitrogens with zero attached hydrogens (tertiary/aromatic N) is 3. The van der Waals surface area contributed by atoms with E-state index in [1.54, 1.807) is 0 Å². The van der Waals surface area contributed by atoms with Gasteiger partial charge in [0.1, 0.15) is 17.1 Å². The predicted octanol–water partition coefficient (Wildman–Crippen LogP) is 0.640. The summed E-state index contributed by atoms with van der Waals surface area (Å²) in [5.74, 6) is -2.80. The second-order valence-corrected chi connectivity index (χ2v) is 7.84. The van der Waals surface area contributed by atoms with E-state index in [1.807, 2.05) is 0 Å². The smallest absolute Gasteiger partial charge is 0.283 e. The highest BCUT2D eigenvalue weighted by atomic mass is 16.5. The van der Waals surface area contributed by atoms with Gasteiger partial charge >= 0.3 is 0 Å². The SMILES string of the molecule is O=C(Nc1cc(NC(=O)c2cccc(=O)n2O)cc(NC(=O)c2cccc(=O)n2O)c1)c1cccc(=O)n1O. The van der Waals surface area contributed by atoms with Gasteiger partial charge < -0.3 is 31.6 Å². The summed E-state index contributed by atoms with van der Waals surface area (Å²) in [5, 5.41) is 36.8. The molecule has 3 aromatic heterocycles. The summed E-state index contributed by atoms with van der Waals surface area (Å²) in [6, 6.07) is 14.0. The van der Waals surface area contributed by atoms with Gasteiger partial charge in [-0.15, -0.1) is 14.2 Å². The molecular weight excluding hydrogens is 516 g/mol. The molecule has 0 saturated carbocycles. The lowest BCUT2D eigenvalue weighted by atomic mass is 10.2. The van der Waals surface area contributed by atoms with Crippen molar-refractivity contribution in [2.75, 3.05) is 16.0 Å². The number of amides is 3.